The summed E-state index contributed by atoms with van der Waals surface area (Å²) in [6.45, 7) is 4.08. The third-order valence-corrected chi connectivity index (χ3v) is 5.76. The van der Waals surface area contributed by atoms with Crippen LogP contribution in [-0.4, -0.2) is 24.6 Å². The Morgan fingerprint density at radius 2 is 1.52 bits per heavy atom. The van der Waals surface area contributed by atoms with Gasteiger partial charge in [0.25, 0.3) is 0 Å². The number of fused-ring (bicyclic) bond motifs is 1. The third-order valence-electron chi connectivity index (χ3n) is 4.43. The van der Waals surface area contributed by atoms with E-state index in [4.69, 9.17) is 0 Å². The number of benzene rings is 2. The molecule has 0 radical (unpaired) electrons. The normalized spacial score (nSPS) is 10.8. The van der Waals surface area contributed by atoms with Gasteiger partial charge in [0, 0.05) is 23.1 Å². The highest BCUT2D eigenvalue weighted by Crippen LogP contribution is 2.30. The minimum atomic E-state index is -0.445. The first-order chi connectivity index (χ1) is 12.9. The highest BCUT2D eigenvalue weighted by Gasteiger charge is 2.15. The first-order valence-corrected chi connectivity index (χ1v) is 9.46. The van der Waals surface area contributed by atoms with E-state index in [9.17, 15) is 14.4 Å². The Morgan fingerprint density at radius 1 is 0.889 bits per heavy atom. The summed E-state index contributed by atoms with van der Waals surface area (Å²) in [6, 6.07) is 12.4. The summed E-state index contributed by atoms with van der Waals surface area (Å²) in [5, 5.41) is 1.07. The molecule has 0 fully saturated rings. The predicted molar refractivity (Wildman–Crippen MR) is 107 cm³/mol. The summed E-state index contributed by atoms with van der Waals surface area (Å²) in [4.78, 5) is 37.0. The Kier molecular flexibility index (Phi) is 5.51. The van der Waals surface area contributed by atoms with Gasteiger partial charge in [0.15, 0.2) is 11.6 Å². The Bertz CT molecular complexity index is 1030. The van der Waals surface area contributed by atoms with Crippen molar-refractivity contribution in [3.05, 3.63) is 69.6 Å². The van der Waals surface area contributed by atoms with Crippen LogP contribution in [0.5, 0.6) is 0 Å². The van der Waals surface area contributed by atoms with Crippen molar-refractivity contribution in [3.63, 3.8) is 0 Å². The van der Waals surface area contributed by atoms with Crippen LogP contribution >= 0.6 is 11.3 Å². The average Bonchev–Trinajstić information content (AvgIpc) is 3.09. The van der Waals surface area contributed by atoms with Crippen molar-refractivity contribution in [2.24, 2.45) is 0 Å². The number of hydrogen-bond acceptors (Lipinski definition) is 5. The van der Waals surface area contributed by atoms with E-state index in [2.05, 4.69) is 16.9 Å². The van der Waals surface area contributed by atoms with E-state index in [1.807, 2.05) is 19.9 Å². The first-order valence-electron chi connectivity index (χ1n) is 8.64. The molecule has 0 bridgehead atoms. The van der Waals surface area contributed by atoms with E-state index in [-0.39, 0.29) is 24.4 Å². The number of ketones is 2. The Morgan fingerprint density at radius 3 is 2.19 bits per heavy atom. The molecule has 3 aromatic rings. The number of Topliss-reactive ketones (excluding diaryl/α,β-unsaturated/α-hetero) is 2. The number of rotatable bonds is 6. The zero-order valence-corrected chi connectivity index (χ0v) is 16.3. The van der Waals surface area contributed by atoms with Crippen molar-refractivity contribution < 1.29 is 19.1 Å². The van der Waals surface area contributed by atoms with E-state index >= 15 is 0 Å². The molecule has 0 aliphatic rings. The molecule has 0 N–H and O–H groups in total. The number of thiophene rings is 1. The molecule has 0 unspecified atom stereocenters. The summed E-state index contributed by atoms with van der Waals surface area (Å²) in [7, 11) is 1.31. The Balaban J connectivity index is 1.67. The largest absolute Gasteiger partial charge is 0.465 e. The number of ether oxygens (including phenoxy) is 1. The van der Waals surface area contributed by atoms with E-state index in [0.717, 1.165) is 15.6 Å². The van der Waals surface area contributed by atoms with Crippen molar-refractivity contribution in [2.45, 2.75) is 26.7 Å². The summed E-state index contributed by atoms with van der Waals surface area (Å²) >= 11 is 1.48. The number of carbonyl (C=O) groups is 3. The second-order valence-corrected chi connectivity index (χ2v) is 7.58. The maximum absolute atomic E-state index is 12.5. The lowest BCUT2D eigenvalue weighted by molar-refractivity contribution is 0.0600. The van der Waals surface area contributed by atoms with Crippen LogP contribution in [0.1, 0.15) is 54.4 Å². The van der Waals surface area contributed by atoms with Crippen LogP contribution < -0.4 is 0 Å². The average molecular weight is 380 g/mol. The molecule has 0 saturated heterocycles. The third kappa shape index (κ3) is 4.14. The molecule has 0 atom stereocenters. The molecule has 1 heterocycles. The smallest absolute Gasteiger partial charge is 0.337 e. The van der Waals surface area contributed by atoms with Gasteiger partial charge in [0.2, 0.25) is 0 Å². The van der Waals surface area contributed by atoms with Gasteiger partial charge < -0.3 is 4.74 Å². The van der Waals surface area contributed by atoms with Crippen LogP contribution in [0.4, 0.5) is 0 Å². The SMILES string of the molecule is COC(=O)c1ccc(C(=O)CCC(=O)c2cc3cc(C)cc(C)c3s2)cc1. The molecular weight excluding hydrogens is 360 g/mol. The fourth-order valence-corrected chi connectivity index (χ4v) is 4.13. The highest BCUT2D eigenvalue weighted by molar-refractivity contribution is 7.21. The van der Waals surface area contributed by atoms with E-state index in [1.165, 1.54) is 24.0 Å². The summed E-state index contributed by atoms with van der Waals surface area (Å²) < 4.78 is 5.76. The van der Waals surface area contributed by atoms with Crippen LogP contribution in [0.25, 0.3) is 10.1 Å². The molecule has 2 aromatic carbocycles. The fraction of sp³-hybridized carbons (Fsp3) is 0.227. The second-order valence-electron chi connectivity index (χ2n) is 6.53. The molecule has 5 heteroatoms. The molecule has 4 nitrogen and oxygen atoms in total. The second kappa shape index (κ2) is 7.84. The molecule has 0 saturated carbocycles. The zero-order chi connectivity index (χ0) is 19.6. The van der Waals surface area contributed by atoms with Crippen molar-refractivity contribution in [2.75, 3.05) is 7.11 Å². The minimum Gasteiger partial charge on any atom is -0.465 e. The molecular formula is C22H20O4S. The summed E-state index contributed by atoms with van der Waals surface area (Å²) in [6.07, 6.45) is 0.311. The zero-order valence-electron chi connectivity index (χ0n) is 15.5. The molecule has 27 heavy (non-hydrogen) atoms. The van der Waals surface area contributed by atoms with Gasteiger partial charge >= 0.3 is 5.97 Å². The van der Waals surface area contributed by atoms with Crippen LogP contribution in [0, 0.1) is 13.8 Å². The Labute approximate surface area is 161 Å². The lowest BCUT2D eigenvalue weighted by Crippen LogP contribution is -2.05. The summed E-state index contributed by atoms with van der Waals surface area (Å²) in [5.41, 5.74) is 3.21. The molecule has 3 rings (SSSR count). The molecule has 138 valence electrons. The van der Waals surface area contributed by atoms with E-state index in [1.54, 1.807) is 24.3 Å². The molecule has 0 aliphatic heterocycles. The van der Waals surface area contributed by atoms with Gasteiger partial charge in [0.1, 0.15) is 0 Å². The van der Waals surface area contributed by atoms with Crippen molar-refractivity contribution >= 4 is 39.0 Å². The Hall–Kier alpha value is -2.79. The number of hydrogen-bond donors (Lipinski definition) is 0. The lowest BCUT2D eigenvalue weighted by Gasteiger charge is -2.02. The number of aryl methyl sites for hydroxylation is 2. The van der Waals surface area contributed by atoms with Crippen LogP contribution in [0.2, 0.25) is 0 Å². The predicted octanol–water partition coefficient (Wildman–Crippen LogP) is 5.15. The first kappa shape index (κ1) is 19.0. The topological polar surface area (TPSA) is 60.4 Å². The fourth-order valence-electron chi connectivity index (χ4n) is 3.06. The van der Waals surface area contributed by atoms with Crippen molar-refractivity contribution in [1.82, 2.24) is 0 Å². The quantitative estimate of drug-likeness (QED) is 0.438. The molecule has 0 amide bonds. The minimum absolute atomic E-state index is 0.0206. The maximum Gasteiger partial charge on any atom is 0.337 e. The van der Waals surface area contributed by atoms with Gasteiger partial charge in [0.05, 0.1) is 17.6 Å². The number of methoxy groups -OCH3 is 1. The van der Waals surface area contributed by atoms with Crippen LogP contribution in [0.3, 0.4) is 0 Å². The standard InChI is InChI=1S/C22H20O4S/c1-13-10-14(2)21-17(11-13)12-20(27-21)19(24)9-8-18(23)15-4-6-16(7-5-15)22(25)26-3/h4-7,10-12H,8-9H2,1-3H3. The van der Waals surface area contributed by atoms with Gasteiger partial charge in [-0.25, -0.2) is 4.79 Å². The van der Waals surface area contributed by atoms with E-state index in [0.29, 0.717) is 16.0 Å². The van der Waals surface area contributed by atoms with Gasteiger partial charge in [-0.1, -0.05) is 29.8 Å². The van der Waals surface area contributed by atoms with Gasteiger partial charge in [-0.3, -0.25) is 9.59 Å². The monoisotopic (exact) mass is 380 g/mol. The van der Waals surface area contributed by atoms with Gasteiger partial charge in [-0.15, -0.1) is 11.3 Å². The maximum atomic E-state index is 12.5. The van der Waals surface area contributed by atoms with Gasteiger partial charge in [-0.2, -0.15) is 0 Å². The number of esters is 1. The van der Waals surface area contributed by atoms with Crippen molar-refractivity contribution in [1.29, 1.82) is 0 Å². The van der Waals surface area contributed by atoms with Crippen LogP contribution in [-0.2, 0) is 4.74 Å². The number of carbonyl (C=O) groups excluding carboxylic acids is 3. The van der Waals surface area contributed by atoms with E-state index < -0.39 is 5.97 Å². The molecule has 1 aromatic heterocycles. The van der Waals surface area contributed by atoms with Crippen molar-refractivity contribution in [3.8, 4) is 0 Å². The van der Waals surface area contributed by atoms with Crippen LogP contribution in [0.15, 0.2) is 42.5 Å². The summed E-state index contributed by atoms with van der Waals surface area (Å²) in [5.74, 6) is -0.583. The van der Waals surface area contributed by atoms with Gasteiger partial charge in [-0.05, 0) is 43.0 Å². The molecule has 0 aliphatic carbocycles. The molecule has 0 spiro atoms. The lowest BCUT2D eigenvalue weighted by atomic mass is 10.0. The highest BCUT2D eigenvalue weighted by atomic mass is 32.1.